The summed E-state index contributed by atoms with van der Waals surface area (Å²) in [5.41, 5.74) is 0. The van der Waals surface area contributed by atoms with Gasteiger partial charge in [-0.2, -0.15) is 0 Å². The van der Waals surface area contributed by atoms with Gasteiger partial charge >= 0.3 is 0 Å². The summed E-state index contributed by atoms with van der Waals surface area (Å²) in [7, 11) is 0. The first-order valence-corrected chi connectivity index (χ1v) is 10.4. The van der Waals surface area contributed by atoms with Crippen LogP contribution >= 0.6 is 0 Å². The third kappa shape index (κ3) is 6.37. The predicted molar refractivity (Wildman–Crippen MR) is 97.6 cm³/mol. The van der Waals surface area contributed by atoms with Crippen LogP contribution in [-0.2, 0) is 0 Å². The maximum Gasteiger partial charge on any atom is 0.146 e. The molecule has 2 heterocycles. The Morgan fingerprint density at radius 3 is 1.52 bits per heavy atom. The number of unbranched alkanes of at least 4 members (excludes halogenated alkanes) is 9. The zero-order chi connectivity index (χ0) is 14.8. The van der Waals surface area contributed by atoms with Gasteiger partial charge in [-0.15, -0.1) is 0 Å². The molecular weight excluding hydrogens is 251 g/mol. The lowest BCUT2D eigenvalue weighted by atomic mass is 9.26. The first-order valence-electron chi connectivity index (χ1n) is 10.4. The van der Waals surface area contributed by atoms with Crippen molar-refractivity contribution >= 4 is 6.71 Å². The number of rotatable bonds is 11. The van der Waals surface area contributed by atoms with Crippen molar-refractivity contribution in [2.24, 2.45) is 0 Å². The second-order valence-electron chi connectivity index (χ2n) is 8.02. The lowest BCUT2D eigenvalue weighted by Crippen LogP contribution is -2.34. The van der Waals surface area contributed by atoms with Crippen LogP contribution in [0.4, 0.5) is 0 Å². The summed E-state index contributed by atoms with van der Waals surface area (Å²) in [4.78, 5) is 0. The SMILES string of the molecule is CCCCCCCCCCCCB1C2CCCC1CCC2. The molecule has 0 aromatic rings. The molecule has 0 N–H and O–H groups in total. The molecule has 2 aliphatic rings. The average molecular weight is 290 g/mol. The van der Waals surface area contributed by atoms with E-state index in [2.05, 4.69) is 6.92 Å². The molecule has 21 heavy (non-hydrogen) atoms. The first-order chi connectivity index (χ1) is 10.4. The molecule has 0 unspecified atom stereocenters. The molecule has 122 valence electrons. The summed E-state index contributed by atoms with van der Waals surface area (Å²) in [5, 5.41) is 0. The molecule has 0 aliphatic carbocycles. The predicted octanol–water partition coefficient (Wildman–Crippen LogP) is 7.51. The molecule has 2 aliphatic heterocycles. The zero-order valence-corrected chi connectivity index (χ0v) is 14.8. The Labute approximate surface area is 134 Å². The molecule has 2 rings (SSSR count). The highest BCUT2D eigenvalue weighted by Crippen LogP contribution is 2.48. The Morgan fingerprint density at radius 1 is 0.619 bits per heavy atom. The monoisotopic (exact) mass is 290 g/mol. The van der Waals surface area contributed by atoms with Gasteiger partial charge in [0.25, 0.3) is 0 Å². The van der Waals surface area contributed by atoms with Crippen LogP contribution in [0, 0.1) is 0 Å². The van der Waals surface area contributed by atoms with Crippen molar-refractivity contribution in [3.8, 4) is 0 Å². The zero-order valence-electron chi connectivity index (χ0n) is 14.8. The number of fused-ring (bicyclic) bond motifs is 2. The van der Waals surface area contributed by atoms with Crippen LogP contribution in [0.25, 0.3) is 0 Å². The second-order valence-corrected chi connectivity index (χ2v) is 8.02. The normalized spacial score (nSPS) is 25.3. The third-order valence-corrected chi connectivity index (χ3v) is 6.40. The molecule has 0 spiro atoms. The molecule has 0 aromatic carbocycles. The van der Waals surface area contributed by atoms with E-state index < -0.39 is 0 Å². The summed E-state index contributed by atoms with van der Waals surface area (Å²) in [5.74, 6) is 2.27. The number of hydrogen-bond acceptors (Lipinski definition) is 0. The van der Waals surface area contributed by atoms with Crippen LogP contribution < -0.4 is 0 Å². The van der Waals surface area contributed by atoms with Crippen LogP contribution in [0.5, 0.6) is 0 Å². The highest BCUT2D eigenvalue weighted by Gasteiger charge is 2.37. The standard InChI is InChI=1S/C20H39B/c1-2-3-4-5-6-7-8-9-10-11-18-21-19-14-12-15-20(21)17-13-16-19/h19-20H,2-18H2,1H3. The second kappa shape index (κ2) is 10.7. The fourth-order valence-corrected chi connectivity index (χ4v) is 5.15. The third-order valence-electron chi connectivity index (χ3n) is 6.40. The van der Waals surface area contributed by atoms with Gasteiger partial charge in [0.05, 0.1) is 0 Å². The minimum atomic E-state index is 1.14. The maximum absolute atomic E-state index is 2.31. The molecule has 0 aromatic heterocycles. The maximum atomic E-state index is 2.31. The van der Waals surface area contributed by atoms with Gasteiger partial charge < -0.3 is 0 Å². The van der Waals surface area contributed by atoms with E-state index in [1.54, 1.807) is 44.8 Å². The van der Waals surface area contributed by atoms with Crippen molar-refractivity contribution in [2.75, 3.05) is 0 Å². The van der Waals surface area contributed by atoms with Crippen LogP contribution in [0.2, 0.25) is 18.0 Å². The Kier molecular flexibility index (Phi) is 8.90. The molecular formula is C20H39B. The summed E-state index contributed by atoms with van der Waals surface area (Å²) in [6.07, 6.45) is 25.8. The lowest BCUT2D eigenvalue weighted by Gasteiger charge is -2.40. The van der Waals surface area contributed by atoms with Crippen molar-refractivity contribution in [3.05, 3.63) is 0 Å². The van der Waals surface area contributed by atoms with Gasteiger partial charge in [-0.05, 0) is 0 Å². The van der Waals surface area contributed by atoms with Crippen LogP contribution in [0.1, 0.15) is 110 Å². The smallest absolute Gasteiger partial charge is 0.0737 e. The fourth-order valence-electron chi connectivity index (χ4n) is 5.15. The molecule has 2 saturated heterocycles. The van der Waals surface area contributed by atoms with E-state index in [9.17, 15) is 0 Å². The van der Waals surface area contributed by atoms with E-state index in [1.165, 1.54) is 64.2 Å². The van der Waals surface area contributed by atoms with E-state index >= 15 is 0 Å². The summed E-state index contributed by atoms with van der Waals surface area (Å²) >= 11 is 0. The Morgan fingerprint density at radius 2 is 1.05 bits per heavy atom. The largest absolute Gasteiger partial charge is 0.146 e. The van der Waals surface area contributed by atoms with Gasteiger partial charge in [-0.25, -0.2) is 0 Å². The first kappa shape index (κ1) is 17.4. The van der Waals surface area contributed by atoms with E-state index in [4.69, 9.17) is 0 Å². The Bertz CT molecular complexity index is 228. The van der Waals surface area contributed by atoms with E-state index in [0.717, 1.165) is 18.3 Å². The van der Waals surface area contributed by atoms with Crippen LogP contribution in [-0.4, -0.2) is 6.71 Å². The minimum absolute atomic E-state index is 1.14. The minimum Gasteiger partial charge on any atom is -0.0737 e. The van der Waals surface area contributed by atoms with E-state index in [0.29, 0.717) is 0 Å². The highest BCUT2D eigenvalue weighted by atomic mass is 14.2. The van der Waals surface area contributed by atoms with Crippen LogP contribution in [0.15, 0.2) is 0 Å². The van der Waals surface area contributed by atoms with Crippen molar-refractivity contribution in [2.45, 2.75) is 128 Å². The fraction of sp³-hybridized carbons (Fsp3) is 1.00. The van der Waals surface area contributed by atoms with Gasteiger partial charge in [0.1, 0.15) is 6.71 Å². The van der Waals surface area contributed by atoms with Gasteiger partial charge in [0, 0.05) is 0 Å². The lowest BCUT2D eigenvalue weighted by molar-refractivity contribution is 0.439. The quantitative estimate of drug-likeness (QED) is 0.273. The highest BCUT2D eigenvalue weighted by molar-refractivity contribution is 6.62. The van der Waals surface area contributed by atoms with Gasteiger partial charge in [-0.3, -0.25) is 0 Å². The molecule has 0 radical (unpaired) electrons. The molecule has 2 fully saturated rings. The molecule has 0 saturated carbocycles. The molecule has 0 atom stereocenters. The van der Waals surface area contributed by atoms with Crippen molar-refractivity contribution in [1.29, 1.82) is 0 Å². The Hall–Kier alpha value is 0.0649. The van der Waals surface area contributed by atoms with Crippen molar-refractivity contribution in [3.63, 3.8) is 0 Å². The average Bonchev–Trinajstić information content (AvgIpc) is 2.49. The van der Waals surface area contributed by atoms with E-state index in [1.807, 2.05) is 0 Å². The topological polar surface area (TPSA) is 0 Å². The van der Waals surface area contributed by atoms with Gasteiger partial charge in [0.2, 0.25) is 0 Å². The Balaban J connectivity index is 1.43. The van der Waals surface area contributed by atoms with E-state index in [-0.39, 0.29) is 0 Å². The van der Waals surface area contributed by atoms with Crippen molar-refractivity contribution in [1.82, 2.24) is 0 Å². The molecule has 0 amide bonds. The summed E-state index contributed by atoms with van der Waals surface area (Å²) in [6, 6.07) is 0. The summed E-state index contributed by atoms with van der Waals surface area (Å²) < 4.78 is 0. The van der Waals surface area contributed by atoms with Gasteiger partial charge in [0.15, 0.2) is 0 Å². The molecule has 2 bridgehead atoms. The molecule has 0 nitrogen and oxygen atoms in total. The van der Waals surface area contributed by atoms with Crippen molar-refractivity contribution < 1.29 is 0 Å². The molecule has 1 heteroatoms. The number of hydrogen-bond donors (Lipinski definition) is 0. The van der Waals surface area contributed by atoms with Gasteiger partial charge in [-0.1, -0.05) is 128 Å². The summed E-state index contributed by atoms with van der Waals surface area (Å²) in [6.45, 7) is 3.45. The van der Waals surface area contributed by atoms with Crippen LogP contribution in [0.3, 0.4) is 0 Å².